The molecule has 0 saturated carbocycles. The first-order valence-corrected chi connectivity index (χ1v) is 4.83. The van der Waals surface area contributed by atoms with Gasteiger partial charge in [0.2, 0.25) is 0 Å². The lowest BCUT2D eigenvalue weighted by Gasteiger charge is -2.18. The summed E-state index contributed by atoms with van der Waals surface area (Å²) in [4.78, 5) is 0. The van der Waals surface area contributed by atoms with Crippen molar-refractivity contribution in [3.8, 4) is 0 Å². The zero-order valence-electron chi connectivity index (χ0n) is 7.83. The highest BCUT2D eigenvalue weighted by Gasteiger charge is 2.13. The fourth-order valence-electron chi connectivity index (χ4n) is 0.455. The zero-order chi connectivity index (χ0) is 8.85. The SMILES string of the molecule is COP(OC(C)C)OC(C)C. The first-order chi connectivity index (χ1) is 5.06. The van der Waals surface area contributed by atoms with Crippen molar-refractivity contribution in [1.29, 1.82) is 0 Å². The van der Waals surface area contributed by atoms with Crippen LogP contribution in [0.25, 0.3) is 0 Å². The average Bonchev–Trinajstić information content (AvgIpc) is 1.84. The van der Waals surface area contributed by atoms with Crippen LogP contribution in [0.3, 0.4) is 0 Å². The van der Waals surface area contributed by atoms with Crippen molar-refractivity contribution < 1.29 is 13.6 Å². The summed E-state index contributed by atoms with van der Waals surface area (Å²) in [5.74, 6) is 0. The van der Waals surface area contributed by atoms with Crippen molar-refractivity contribution in [2.45, 2.75) is 39.9 Å². The Balaban J connectivity index is 3.58. The second-order valence-corrected chi connectivity index (χ2v) is 3.95. The van der Waals surface area contributed by atoms with Gasteiger partial charge >= 0.3 is 8.60 Å². The van der Waals surface area contributed by atoms with Crippen molar-refractivity contribution in [2.75, 3.05) is 7.11 Å². The van der Waals surface area contributed by atoms with Gasteiger partial charge in [0.15, 0.2) is 0 Å². The maximum atomic E-state index is 5.33. The smallest absolute Gasteiger partial charge is 0.316 e. The maximum Gasteiger partial charge on any atom is 0.332 e. The molecule has 0 heterocycles. The van der Waals surface area contributed by atoms with Crippen molar-refractivity contribution in [1.82, 2.24) is 0 Å². The Morgan fingerprint density at radius 3 is 1.45 bits per heavy atom. The standard InChI is InChI=1S/C7H17O3P/c1-6(2)9-11(8-5)10-7(3)4/h6-7H,1-5H3. The van der Waals surface area contributed by atoms with Gasteiger partial charge in [-0.05, 0) is 27.7 Å². The van der Waals surface area contributed by atoms with Gasteiger partial charge < -0.3 is 13.6 Å². The molecule has 11 heavy (non-hydrogen) atoms. The minimum atomic E-state index is -1.14. The lowest BCUT2D eigenvalue weighted by molar-refractivity contribution is 0.126. The topological polar surface area (TPSA) is 27.7 Å². The van der Waals surface area contributed by atoms with E-state index in [1.165, 1.54) is 0 Å². The maximum absolute atomic E-state index is 5.33. The van der Waals surface area contributed by atoms with Crippen LogP contribution in [0.2, 0.25) is 0 Å². The first-order valence-electron chi connectivity index (χ1n) is 3.74. The van der Waals surface area contributed by atoms with E-state index in [9.17, 15) is 0 Å². The van der Waals surface area contributed by atoms with Crippen LogP contribution in [-0.2, 0) is 13.6 Å². The second kappa shape index (κ2) is 5.90. The number of hydrogen-bond donors (Lipinski definition) is 0. The minimum absolute atomic E-state index is 0.153. The fourth-order valence-corrected chi connectivity index (χ4v) is 1.37. The Labute approximate surface area is 70.0 Å². The normalized spacial score (nSPS) is 12.0. The Bertz CT molecular complexity index is 85.7. The third kappa shape index (κ3) is 6.70. The van der Waals surface area contributed by atoms with Crippen LogP contribution in [0.15, 0.2) is 0 Å². The fraction of sp³-hybridized carbons (Fsp3) is 1.00. The van der Waals surface area contributed by atoms with Crippen molar-refractivity contribution in [3.05, 3.63) is 0 Å². The molecule has 0 aromatic carbocycles. The molecule has 0 N–H and O–H groups in total. The molecule has 0 amide bonds. The predicted octanol–water partition coefficient (Wildman–Crippen LogP) is 2.71. The summed E-state index contributed by atoms with van der Waals surface area (Å²) in [5.41, 5.74) is 0. The highest BCUT2D eigenvalue weighted by molar-refractivity contribution is 7.41. The number of hydrogen-bond acceptors (Lipinski definition) is 3. The lowest BCUT2D eigenvalue weighted by Crippen LogP contribution is -2.05. The van der Waals surface area contributed by atoms with E-state index in [4.69, 9.17) is 13.6 Å². The van der Waals surface area contributed by atoms with Gasteiger partial charge in [-0.15, -0.1) is 0 Å². The summed E-state index contributed by atoms with van der Waals surface area (Å²) in [6.45, 7) is 7.83. The summed E-state index contributed by atoms with van der Waals surface area (Å²) in [5, 5.41) is 0. The van der Waals surface area contributed by atoms with Gasteiger partial charge in [0.05, 0.1) is 12.2 Å². The molecule has 0 aliphatic heterocycles. The molecular formula is C7H17O3P. The van der Waals surface area contributed by atoms with Crippen LogP contribution in [0.4, 0.5) is 0 Å². The van der Waals surface area contributed by atoms with E-state index >= 15 is 0 Å². The van der Waals surface area contributed by atoms with E-state index in [0.29, 0.717) is 0 Å². The minimum Gasteiger partial charge on any atom is -0.316 e. The van der Waals surface area contributed by atoms with Crippen molar-refractivity contribution >= 4 is 8.60 Å². The molecule has 0 atom stereocenters. The van der Waals surface area contributed by atoms with Crippen LogP contribution in [0.5, 0.6) is 0 Å². The number of rotatable bonds is 5. The molecule has 0 rings (SSSR count). The molecule has 3 nitrogen and oxygen atoms in total. The molecule has 0 aromatic rings. The largest absolute Gasteiger partial charge is 0.332 e. The second-order valence-electron chi connectivity index (χ2n) is 2.71. The van der Waals surface area contributed by atoms with Gasteiger partial charge in [0.25, 0.3) is 0 Å². The molecule has 0 bridgehead atoms. The summed E-state index contributed by atoms with van der Waals surface area (Å²) >= 11 is 0. The van der Waals surface area contributed by atoms with Gasteiger partial charge in [-0.2, -0.15) is 0 Å². The van der Waals surface area contributed by atoms with Gasteiger partial charge in [0, 0.05) is 7.11 Å². The van der Waals surface area contributed by atoms with E-state index in [0.717, 1.165) is 0 Å². The predicted molar refractivity (Wildman–Crippen MR) is 46.4 cm³/mol. The zero-order valence-corrected chi connectivity index (χ0v) is 8.72. The quantitative estimate of drug-likeness (QED) is 0.609. The monoisotopic (exact) mass is 180 g/mol. The first kappa shape index (κ1) is 11.3. The molecule has 68 valence electrons. The molecule has 0 spiro atoms. The molecule has 0 radical (unpaired) electrons. The Kier molecular flexibility index (Phi) is 6.06. The van der Waals surface area contributed by atoms with Crippen LogP contribution < -0.4 is 0 Å². The Hall–Kier alpha value is 0.310. The van der Waals surface area contributed by atoms with Crippen molar-refractivity contribution in [2.24, 2.45) is 0 Å². The molecular weight excluding hydrogens is 163 g/mol. The summed E-state index contributed by atoms with van der Waals surface area (Å²) < 4.78 is 15.7. The summed E-state index contributed by atoms with van der Waals surface area (Å²) in [6.07, 6.45) is 0.305. The molecule has 0 unspecified atom stereocenters. The van der Waals surface area contributed by atoms with Crippen molar-refractivity contribution in [3.63, 3.8) is 0 Å². The van der Waals surface area contributed by atoms with E-state index in [1.54, 1.807) is 7.11 Å². The summed E-state index contributed by atoms with van der Waals surface area (Å²) in [6, 6.07) is 0. The van der Waals surface area contributed by atoms with E-state index < -0.39 is 8.60 Å². The third-order valence-corrected chi connectivity index (χ3v) is 2.23. The molecule has 0 fully saturated rings. The van der Waals surface area contributed by atoms with Gasteiger partial charge in [-0.3, -0.25) is 0 Å². The van der Waals surface area contributed by atoms with E-state index in [-0.39, 0.29) is 12.2 Å². The average molecular weight is 180 g/mol. The summed E-state index contributed by atoms with van der Waals surface area (Å²) in [7, 11) is 0.456. The molecule has 0 saturated heterocycles. The van der Waals surface area contributed by atoms with Crippen LogP contribution in [-0.4, -0.2) is 19.3 Å². The highest BCUT2D eigenvalue weighted by Crippen LogP contribution is 2.40. The van der Waals surface area contributed by atoms with Gasteiger partial charge in [-0.1, -0.05) is 0 Å². The van der Waals surface area contributed by atoms with E-state index in [1.807, 2.05) is 27.7 Å². The van der Waals surface area contributed by atoms with Crippen LogP contribution >= 0.6 is 8.60 Å². The Morgan fingerprint density at radius 2 is 1.27 bits per heavy atom. The van der Waals surface area contributed by atoms with Gasteiger partial charge in [-0.25, -0.2) is 0 Å². The highest BCUT2D eigenvalue weighted by atomic mass is 31.2. The van der Waals surface area contributed by atoms with E-state index in [2.05, 4.69) is 0 Å². The van der Waals surface area contributed by atoms with Crippen LogP contribution in [0, 0.1) is 0 Å². The van der Waals surface area contributed by atoms with Gasteiger partial charge in [0.1, 0.15) is 0 Å². The molecule has 0 aliphatic carbocycles. The lowest BCUT2D eigenvalue weighted by atomic mass is 10.5. The molecule has 0 aliphatic rings. The third-order valence-electron chi connectivity index (χ3n) is 0.743. The Morgan fingerprint density at radius 1 is 0.909 bits per heavy atom. The molecule has 0 aromatic heterocycles. The molecule has 4 heteroatoms. The van der Waals surface area contributed by atoms with Crippen LogP contribution in [0.1, 0.15) is 27.7 Å².